The summed E-state index contributed by atoms with van der Waals surface area (Å²) < 4.78 is 0. The standard InChI is InChI=1S/C13H15N3O/c14-11-6-8-1-2-9(5-10(8)7-11)12-3-4-15-16-13(12)17/h1-2,4-5,11-12H,3,6-7,14H2,(H,16,17). The Morgan fingerprint density at radius 2 is 2.12 bits per heavy atom. The average Bonchev–Trinajstić information content (AvgIpc) is 2.68. The molecule has 0 bridgehead atoms. The second-order valence-electron chi connectivity index (χ2n) is 4.77. The summed E-state index contributed by atoms with van der Waals surface area (Å²) in [4.78, 5) is 11.7. The van der Waals surface area contributed by atoms with Crippen LogP contribution in [0.4, 0.5) is 0 Å². The third-order valence-corrected chi connectivity index (χ3v) is 3.52. The van der Waals surface area contributed by atoms with Crippen LogP contribution in [0, 0.1) is 0 Å². The first-order chi connectivity index (χ1) is 8.24. The predicted molar refractivity (Wildman–Crippen MR) is 65.8 cm³/mol. The lowest BCUT2D eigenvalue weighted by Crippen LogP contribution is -2.29. The minimum atomic E-state index is -0.102. The van der Waals surface area contributed by atoms with Crippen molar-refractivity contribution in [3.8, 4) is 0 Å². The van der Waals surface area contributed by atoms with Crippen LogP contribution in [0.25, 0.3) is 0 Å². The Balaban J connectivity index is 1.92. The van der Waals surface area contributed by atoms with Crippen LogP contribution < -0.4 is 11.2 Å². The largest absolute Gasteiger partial charge is 0.327 e. The van der Waals surface area contributed by atoms with Crippen LogP contribution in [0.5, 0.6) is 0 Å². The fourth-order valence-electron chi connectivity index (χ4n) is 2.63. The monoisotopic (exact) mass is 229 g/mol. The highest BCUT2D eigenvalue weighted by Gasteiger charge is 2.25. The number of rotatable bonds is 1. The summed E-state index contributed by atoms with van der Waals surface area (Å²) in [5, 5.41) is 3.77. The second kappa shape index (κ2) is 3.96. The van der Waals surface area contributed by atoms with Gasteiger partial charge in [-0.05, 0) is 29.5 Å². The number of carbonyl (C=O) groups excluding carboxylic acids is 1. The van der Waals surface area contributed by atoms with Crippen molar-refractivity contribution in [2.24, 2.45) is 10.8 Å². The van der Waals surface area contributed by atoms with Gasteiger partial charge in [0.1, 0.15) is 0 Å². The number of benzene rings is 1. The fraction of sp³-hybridized carbons (Fsp3) is 0.385. The zero-order chi connectivity index (χ0) is 11.8. The molecule has 0 aromatic heterocycles. The van der Waals surface area contributed by atoms with Gasteiger partial charge in [0.15, 0.2) is 0 Å². The first kappa shape index (κ1) is 10.5. The van der Waals surface area contributed by atoms with Crippen LogP contribution in [-0.2, 0) is 17.6 Å². The molecule has 3 rings (SSSR count). The molecule has 4 nitrogen and oxygen atoms in total. The Bertz CT molecular complexity index is 495. The lowest BCUT2D eigenvalue weighted by Gasteiger charge is -2.17. The normalized spacial score (nSPS) is 26.8. The number of nitrogens with one attached hydrogen (secondary N) is 1. The topological polar surface area (TPSA) is 67.5 Å². The lowest BCUT2D eigenvalue weighted by molar-refractivity contribution is -0.122. The van der Waals surface area contributed by atoms with Crippen molar-refractivity contribution in [1.82, 2.24) is 5.43 Å². The quantitative estimate of drug-likeness (QED) is 0.744. The van der Waals surface area contributed by atoms with Gasteiger partial charge in [-0.2, -0.15) is 5.10 Å². The Morgan fingerprint density at radius 1 is 1.29 bits per heavy atom. The van der Waals surface area contributed by atoms with E-state index in [2.05, 4.69) is 22.7 Å². The fourth-order valence-corrected chi connectivity index (χ4v) is 2.63. The van der Waals surface area contributed by atoms with Gasteiger partial charge in [0.25, 0.3) is 0 Å². The van der Waals surface area contributed by atoms with Gasteiger partial charge in [-0.15, -0.1) is 0 Å². The molecule has 0 spiro atoms. The van der Waals surface area contributed by atoms with E-state index in [-0.39, 0.29) is 17.9 Å². The third-order valence-electron chi connectivity index (χ3n) is 3.52. The Labute approximate surface area is 99.9 Å². The van der Waals surface area contributed by atoms with Gasteiger partial charge in [0.05, 0.1) is 5.92 Å². The molecule has 2 atom stereocenters. The molecule has 0 fully saturated rings. The van der Waals surface area contributed by atoms with E-state index >= 15 is 0 Å². The molecular weight excluding hydrogens is 214 g/mol. The smallest absolute Gasteiger partial charge is 0.247 e. The Morgan fingerprint density at radius 3 is 2.94 bits per heavy atom. The van der Waals surface area contributed by atoms with Crippen molar-refractivity contribution in [2.45, 2.75) is 31.2 Å². The van der Waals surface area contributed by atoms with Gasteiger partial charge < -0.3 is 5.73 Å². The molecule has 1 aliphatic heterocycles. The highest BCUT2D eigenvalue weighted by atomic mass is 16.2. The van der Waals surface area contributed by atoms with Crippen molar-refractivity contribution in [3.05, 3.63) is 34.9 Å². The van der Waals surface area contributed by atoms with E-state index in [1.54, 1.807) is 6.21 Å². The Hall–Kier alpha value is -1.68. The molecule has 0 radical (unpaired) electrons. The van der Waals surface area contributed by atoms with Crippen LogP contribution in [-0.4, -0.2) is 18.2 Å². The summed E-state index contributed by atoms with van der Waals surface area (Å²) in [6.45, 7) is 0. The number of fused-ring (bicyclic) bond motifs is 1. The SMILES string of the molecule is NC1Cc2ccc(C3CC=NNC3=O)cc2C1. The second-order valence-corrected chi connectivity index (χ2v) is 4.77. The van der Waals surface area contributed by atoms with E-state index in [1.165, 1.54) is 11.1 Å². The average molecular weight is 229 g/mol. The predicted octanol–water partition coefficient (Wildman–Crippen LogP) is 0.702. The van der Waals surface area contributed by atoms with Crippen molar-refractivity contribution in [3.63, 3.8) is 0 Å². The van der Waals surface area contributed by atoms with Crippen LogP contribution in [0.1, 0.15) is 29.0 Å². The molecule has 0 saturated carbocycles. The molecule has 1 aromatic carbocycles. The Kier molecular flexibility index (Phi) is 2.44. The summed E-state index contributed by atoms with van der Waals surface area (Å²) in [7, 11) is 0. The minimum Gasteiger partial charge on any atom is -0.327 e. The molecule has 3 N–H and O–H groups in total. The van der Waals surface area contributed by atoms with Gasteiger partial charge in [-0.1, -0.05) is 18.2 Å². The summed E-state index contributed by atoms with van der Waals surface area (Å²) in [6.07, 6.45) is 4.31. The van der Waals surface area contributed by atoms with Crippen molar-refractivity contribution < 1.29 is 4.79 Å². The zero-order valence-corrected chi connectivity index (χ0v) is 9.52. The van der Waals surface area contributed by atoms with Crippen LogP contribution in [0.15, 0.2) is 23.3 Å². The van der Waals surface area contributed by atoms with Crippen molar-refractivity contribution >= 4 is 12.1 Å². The van der Waals surface area contributed by atoms with E-state index in [9.17, 15) is 4.79 Å². The van der Waals surface area contributed by atoms with Crippen molar-refractivity contribution in [1.29, 1.82) is 0 Å². The summed E-state index contributed by atoms with van der Waals surface area (Å²) in [5.74, 6) is -0.121. The zero-order valence-electron chi connectivity index (χ0n) is 9.52. The molecule has 1 heterocycles. The van der Waals surface area contributed by atoms with E-state index in [4.69, 9.17) is 5.73 Å². The van der Waals surface area contributed by atoms with E-state index < -0.39 is 0 Å². The number of nitrogens with zero attached hydrogens (tertiary/aromatic N) is 1. The summed E-state index contributed by atoms with van der Waals surface area (Å²) >= 11 is 0. The van der Waals surface area contributed by atoms with Crippen LogP contribution in [0.3, 0.4) is 0 Å². The van der Waals surface area contributed by atoms with Gasteiger partial charge in [0, 0.05) is 18.7 Å². The maximum Gasteiger partial charge on any atom is 0.247 e. The highest BCUT2D eigenvalue weighted by Crippen LogP contribution is 2.27. The first-order valence-corrected chi connectivity index (χ1v) is 5.92. The molecule has 1 aliphatic carbocycles. The molecular formula is C13H15N3O. The number of nitrogens with two attached hydrogens (primary N) is 1. The van der Waals surface area contributed by atoms with Crippen LogP contribution >= 0.6 is 0 Å². The molecule has 4 heteroatoms. The number of hydrogen-bond acceptors (Lipinski definition) is 3. The molecule has 1 aromatic rings. The van der Waals surface area contributed by atoms with Gasteiger partial charge >= 0.3 is 0 Å². The number of hydrogen-bond donors (Lipinski definition) is 2. The molecule has 0 saturated heterocycles. The van der Waals surface area contributed by atoms with Crippen LogP contribution in [0.2, 0.25) is 0 Å². The van der Waals surface area contributed by atoms with Gasteiger partial charge in [-0.25, -0.2) is 5.43 Å². The molecule has 2 unspecified atom stereocenters. The lowest BCUT2D eigenvalue weighted by atomic mass is 9.92. The molecule has 17 heavy (non-hydrogen) atoms. The third kappa shape index (κ3) is 1.85. The first-order valence-electron chi connectivity index (χ1n) is 5.92. The summed E-state index contributed by atoms with van der Waals surface area (Å²) in [5.41, 5.74) is 12.1. The van der Waals surface area contributed by atoms with E-state index in [1.807, 2.05) is 6.07 Å². The van der Waals surface area contributed by atoms with Crippen molar-refractivity contribution in [2.75, 3.05) is 0 Å². The van der Waals surface area contributed by atoms with E-state index in [0.717, 1.165) is 18.4 Å². The van der Waals surface area contributed by atoms with E-state index in [0.29, 0.717) is 6.42 Å². The highest BCUT2D eigenvalue weighted by molar-refractivity contribution is 5.89. The maximum atomic E-state index is 11.7. The minimum absolute atomic E-state index is 0.0188. The van der Waals surface area contributed by atoms with Gasteiger partial charge in [-0.3, -0.25) is 4.79 Å². The maximum absolute atomic E-state index is 11.7. The molecule has 2 aliphatic rings. The molecule has 88 valence electrons. The summed E-state index contributed by atoms with van der Waals surface area (Å²) in [6, 6.07) is 6.52. The molecule has 1 amide bonds. The van der Waals surface area contributed by atoms with Gasteiger partial charge in [0.2, 0.25) is 5.91 Å². The number of carbonyl (C=O) groups is 1. The number of hydrazone groups is 1. The number of amides is 1.